The Morgan fingerprint density at radius 3 is 2.03 bits per heavy atom. The molecule has 162 valence electrons. The molecule has 5 rings (SSSR count). The first-order valence-electron chi connectivity index (χ1n) is 10.7. The Bertz CT molecular complexity index is 1170. The first-order chi connectivity index (χ1) is 15.7. The van der Waals surface area contributed by atoms with Crippen LogP contribution in [0.5, 0.6) is 0 Å². The Morgan fingerprint density at radius 2 is 1.38 bits per heavy atom. The van der Waals surface area contributed by atoms with Crippen LogP contribution in [0.25, 0.3) is 0 Å². The van der Waals surface area contributed by atoms with Gasteiger partial charge in [-0.15, -0.1) is 0 Å². The fourth-order valence-electron chi connectivity index (χ4n) is 3.79. The zero-order valence-electron chi connectivity index (χ0n) is 17.8. The molecule has 1 heterocycles. The average Bonchev–Trinajstić information content (AvgIpc) is 3.33. The monoisotopic (exact) mass is 567 g/mol. The van der Waals surface area contributed by atoms with Crippen molar-refractivity contribution in [2.45, 2.75) is 21.6 Å². The van der Waals surface area contributed by atoms with E-state index in [1.54, 1.807) is 11.8 Å². The van der Waals surface area contributed by atoms with Crippen LogP contribution in [0.15, 0.2) is 113 Å². The second-order valence-corrected chi connectivity index (χ2v) is 13.0. The van der Waals surface area contributed by atoms with Gasteiger partial charge in [0, 0.05) is 0 Å². The molecular formula is C28H24IOS2-. The summed E-state index contributed by atoms with van der Waals surface area (Å²) in [6.07, 6.45) is 0. The zero-order valence-corrected chi connectivity index (χ0v) is 21.6. The quantitative estimate of drug-likeness (QED) is 0.323. The average molecular weight is 568 g/mol. The molecule has 0 radical (unpaired) electrons. The Morgan fingerprint density at radius 1 is 0.750 bits per heavy atom. The molecule has 4 heteroatoms. The number of halogens is 1. The molecule has 4 aromatic carbocycles. The van der Waals surface area contributed by atoms with E-state index in [0.717, 1.165) is 12.4 Å². The molecule has 0 saturated carbocycles. The van der Waals surface area contributed by atoms with Crippen molar-refractivity contribution in [3.8, 4) is 0 Å². The summed E-state index contributed by atoms with van der Waals surface area (Å²) in [7, 11) is 0. The van der Waals surface area contributed by atoms with Crippen LogP contribution < -0.4 is 21.2 Å². The summed E-state index contributed by atoms with van der Waals surface area (Å²) in [5.41, 5.74) is 3.85. The molecule has 0 spiro atoms. The van der Waals surface area contributed by atoms with Gasteiger partial charge in [-0.25, -0.2) is 0 Å². The van der Waals surface area contributed by atoms with Crippen molar-refractivity contribution in [2.75, 3.05) is 12.4 Å². The third-order valence-corrected chi connectivity index (χ3v) is 10.9. The fraction of sp³-hybridized carbons (Fsp3) is 0.143. The summed E-state index contributed by atoms with van der Waals surface area (Å²) in [6, 6.07) is 37.3. The Kier molecular flexibility index (Phi) is 6.93. The number of hydrogen-bond donors (Lipinski definition) is 0. The van der Waals surface area contributed by atoms with E-state index >= 15 is 0 Å². The molecule has 0 aliphatic carbocycles. The van der Waals surface area contributed by atoms with Gasteiger partial charge in [0.15, 0.2) is 0 Å². The molecule has 1 aliphatic rings. The van der Waals surface area contributed by atoms with Crippen LogP contribution in [-0.4, -0.2) is 12.4 Å². The van der Waals surface area contributed by atoms with Gasteiger partial charge in [0.25, 0.3) is 0 Å². The van der Waals surface area contributed by atoms with E-state index in [1.807, 2.05) is 11.8 Å². The predicted octanol–water partition coefficient (Wildman–Crippen LogP) is 4.24. The van der Waals surface area contributed by atoms with Gasteiger partial charge in [-0.2, -0.15) is 0 Å². The van der Waals surface area contributed by atoms with E-state index in [4.69, 9.17) is 4.74 Å². The normalized spacial score (nSPS) is 18.2. The SMILES string of the molecule is Cc1ccccc1[I-]c1ccc(C2(c3ccc(Sc4ccccc4)cc3)OCCS2)cc1. The topological polar surface area (TPSA) is 9.23 Å². The minimum absolute atomic E-state index is 0.171. The first kappa shape index (κ1) is 22.1. The third-order valence-electron chi connectivity index (χ3n) is 5.42. The summed E-state index contributed by atoms with van der Waals surface area (Å²) >= 11 is 3.52. The summed E-state index contributed by atoms with van der Waals surface area (Å²) in [5.74, 6) is 1.01. The molecule has 1 atom stereocenters. The van der Waals surface area contributed by atoms with E-state index in [-0.39, 0.29) is 21.2 Å². The van der Waals surface area contributed by atoms with Crippen molar-refractivity contribution in [3.63, 3.8) is 0 Å². The Balaban J connectivity index is 1.38. The number of hydrogen-bond acceptors (Lipinski definition) is 3. The van der Waals surface area contributed by atoms with E-state index in [2.05, 4.69) is 110 Å². The minimum atomic E-state index is -0.407. The van der Waals surface area contributed by atoms with Gasteiger partial charge in [-0.1, -0.05) is 18.2 Å². The molecule has 0 N–H and O–H groups in total. The number of ether oxygens (including phenoxy) is 1. The standard InChI is InChI=1S/C28H24IOS2/c1-21-7-5-6-10-27(21)29-24-15-11-22(12-16-24)28(30-19-20-31-28)23-13-17-26(18-14-23)32-25-8-3-2-4-9-25/h2-18H,19-20H2,1H3/q-1. The summed E-state index contributed by atoms with van der Waals surface area (Å²) in [6.45, 7) is 2.99. The summed E-state index contributed by atoms with van der Waals surface area (Å²) in [5, 5.41) is 0. The third kappa shape index (κ3) is 4.79. The molecule has 32 heavy (non-hydrogen) atoms. The molecule has 0 aromatic heterocycles. The fourth-order valence-corrected chi connectivity index (χ4v) is 8.23. The van der Waals surface area contributed by atoms with Crippen molar-refractivity contribution >= 4 is 23.5 Å². The van der Waals surface area contributed by atoms with Gasteiger partial charge in [0.05, 0.1) is 0 Å². The van der Waals surface area contributed by atoms with Crippen LogP contribution in [0, 0.1) is 14.1 Å². The van der Waals surface area contributed by atoms with E-state index in [1.165, 1.54) is 33.6 Å². The molecule has 0 bridgehead atoms. The van der Waals surface area contributed by atoms with Crippen LogP contribution in [0.2, 0.25) is 0 Å². The Hall–Kier alpha value is -1.73. The maximum atomic E-state index is 6.41. The second-order valence-electron chi connectivity index (χ2n) is 7.60. The van der Waals surface area contributed by atoms with Crippen molar-refractivity contribution in [3.05, 3.63) is 127 Å². The molecule has 1 unspecified atom stereocenters. The van der Waals surface area contributed by atoms with Gasteiger partial charge >= 0.3 is 192 Å². The molecule has 1 saturated heterocycles. The molecule has 0 amide bonds. The van der Waals surface area contributed by atoms with Crippen LogP contribution in [0.1, 0.15) is 16.7 Å². The van der Waals surface area contributed by atoms with Crippen LogP contribution >= 0.6 is 23.5 Å². The van der Waals surface area contributed by atoms with Gasteiger partial charge in [0.1, 0.15) is 0 Å². The predicted molar refractivity (Wildman–Crippen MR) is 131 cm³/mol. The Labute approximate surface area is 209 Å². The van der Waals surface area contributed by atoms with Gasteiger partial charge in [-0.3, -0.25) is 0 Å². The molecule has 1 aliphatic heterocycles. The van der Waals surface area contributed by atoms with Crippen molar-refractivity contribution in [1.82, 2.24) is 0 Å². The molecule has 1 nitrogen and oxygen atoms in total. The number of aryl methyl sites for hydroxylation is 1. The second kappa shape index (κ2) is 10.0. The molecule has 4 aromatic rings. The van der Waals surface area contributed by atoms with Gasteiger partial charge in [-0.05, 0) is 0 Å². The number of thioether (sulfide) groups is 1. The van der Waals surface area contributed by atoms with Crippen LogP contribution in [0.4, 0.5) is 0 Å². The van der Waals surface area contributed by atoms with Gasteiger partial charge in [0.2, 0.25) is 0 Å². The van der Waals surface area contributed by atoms with Crippen LogP contribution in [-0.2, 0) is 9.67 Å². The van der Waals surface area contributed by atoms with E-state index in [0.29, 0.717) is 0 Å². The summed E-state index contributed by atoms with van der Waals surface area (Å²) < 4.78 is 9.35. The maximum absolute atomic E-state index is 6.41. The van der Waals surface area contributed by atoms with E-state index < -0.39 is 4.93 Å². The molecule has 1 fully saturated rings. The van der Waals surface area contributed by atoms with Crippen molar-refractivity contribution < 1.29 is 25.9 Å². The van der Waals surface area contributed by atoms with Crippen LogP contribution in [0.3, 0.4) is 0 Å². The number of rotatable bonds is 6. The van der Waals surface area contributed by atoms with Crippen molar-refractivity contribution in [2.24, 2.45) is 0 Å². The van der Waals surface area contributed by atoms with E-state index in [9.17, 15) is 0 Å². The number of benzene rings is 4. The molecular weight excluding hydrogens is 543 g/mol. The summed E-state index contributed by atoms with van der Waals surface area (Å²) in [4.78, 5) is 2.10. The van der Waals surface area contributed by atoms with Crippen molar-refractivity contribution in [1.29, 1.82) is 0 Å². The van der Waals surface area contributed by atoms with Gasteiger partial charge < -0.3 is 0 Å². The first-order valence-corrected chi connectivity index (χ1v) is 14.6. The zero-order chi connectivity index (χ0) is 21.8.